The summed E-state index contributed by atoms with van der Waals surface area (Å²) < 4.78 is 46.9. The van der Waals surface area contributed by atoms with E-state index < -0.39 is 17.9 Å². The zero-order valence-corrected chi connectivity index (χ0v) is 18.4. The van der Waals surface area contributed by atoms with Crippen molar-refractivity contribution in [3.05, 3.63) is 59.7 Å². The van der Waals surface area contributed by atoms with Crippen LogP contribution in [-0.2, 0) is 16.0 Å². The molecule has 1 saturated heterocycles. The van der Waals surface area contributed by atoms with Crippen LogP contribution in [0.2, 0.25) is 0 Å². The van der Waals surface area contributed by atoms with Gasteiger partial charge in [0.05, 0.1) is 6.42 Å². The van der Waals surface area contributed by atoms with Crippen LogP contribution in [0.25, 0.3) is 0 Å². The molecule has 33 heavy (non-hydrogen) atoms. The predicted octanol–water partition coefficient (Wildman–Crippen LogP) is 4.78. The second-order valence-corrected chi connectivity index (χ2v) is 8.54. The molecule has 0 saturated carbocycles. The average Bonchev–Trinajstić information content (AvgIpc) is 2.72. The Labute approximate surface area is 189 Å². The first-order valence-corrected chi connectivity index (χ1v) is 10.6. The van der Waals surface area contributed by atoms with Gasteiger partial charge in [-0.2, -0.15) is 0 Å². The SMILES string of the molecule is CC(C)(Oc1cccc(C2CCCN(C(=O)Cc3cccc(OC(F)(F)F)c3)C2)c1)C(=O)O. The molecule has 178 valence electrons. The number of carbonyl (C=O) groups is 2. The number of rotatable bonds is 7. The summed E-state index contributed by atoms with van der Waals surface area (Å²) in [6, 6.07) is 12.6. The number of ether oxygens (including phenoxy) is 2. The van der Waals surface area contributed by atoms with E-state index in [1.807, 2.05) is 6.07 Å². The summed E-state index contributed by atoms with van der Waals surface area (Å²) in [5.74, 6) is -1.13. The fourth-order valence-corrected chi connectivity index (χ4v) is 3.78. The van der Waals surface area contributed by atoms with Crippen LogP contribution < -0.4 is 9.47 Å². The van der Waals surface area contributed by atoms with E-state index in [1.54, 1.807) is 29.2 Å². The maximum atomic E-state index is 12.8. The summed E-state index contributed by atoms with van der Waals surface area (Å²) in [5, 5.41) is 9.28. The molecule has 0 radical (unpaired) electrons. The van der Waals surface area contributed by atoms with Gasteiger partial charge in [0.25, 0.3) is 0 Å². The van der Waals surface area contributed by atoms with Crippen LogP contribution in [0.4, 0.5) is 13.2 Å². The zero-order chi connectivity index (χ0) is 24.2. The van der Waals surface area contributed by atoms with E-state index in [1.165, 1.54) is 32.0 Å². The number of halogens is 3. The maximum absolute atomic E-state index is 12.8. The molecule has 1 aliphatic rings. The summed E-state index contributed by atoms with van der Waals surface area (Å²) in [6.07, 6.45) is -3.19. The molecule has 1 unspecified atom stereocenters. The lowest BCUT2D eigenvalue weighted by atomic mass is 9.90. The van der Waals surface area contributed by atoms with Gasteiger partial charge in [-0.25, -0.2) is 4.79 Å². The van der Waals surface area contributed by atoms with Gasteiger partial charge in [0.2, 0.25) is 5.91 Å². The molecule has 1 N–H and O–H groups in total. The third-order valence-corrected chi connectivity index (χ3v) is 5.48. The molecule has 1 amide bonds. The van der Waals surface area contributed by atoms with Gasteiger partial charge in [0.1, 0.15) is 11.5 Å². The van der Waals surface area contributed by atoms with E-state index in [0.717, 1.165) is 18.4 Å². The van der Waals surface area contributed by atoms with Gasteiger partial charge in [0, 0.05) is 19.0 Å². The highest BCUT2D eigenvalue weighted by molar-refractivity contribution is 5.79. The predicted molar refractivity (Wildman–Crippen MR) is 114 cm³/mol. The second kappa shape index (κ2) is 9.72. The van der Waals surface area contributed by atoms with Crippen LogP contribution in [0.1, 0.15) is 43.7 Å². The highest BCUT2D eigenvalue weighted by Crippen LogP contribution is 2.31. The van der Waals surface area contributed by atoms with Gasteiger partial charge < -0.3 is 19.5 Å². The minimum absolute atomic E-state index is 0.0300. The van der Waals surface area contributed by atoms with Gasteiger partial charge in [-0.1, -0.05) is 24.3 Å². The van der Waals surface area contributed by atoms with Crippen LogP contribution >= 0.6 is 0 Å². The van der Waals surface area contributed by atoms with Crippen molar-refractivity contribution in [1.29, 1.82) is 0 Å². The molecule has 0 spiro atoms. The Morgan fingerprint density at radius 3 is 2.39 bits per heavy atom. The Kier molecular flexibility index (Phi) is 7.19. The number of piperidine rings is 1. The Hall–Kier alpha value is -3.23. The Morgan fingerprint density at radius 1 is 1.06 bits per heavy atom. The van der Waals surface area contributed by atoms with Crippen molar-refractivity contribution in [2.45, 2.75) is 51.0 Å². The third-order valence-electron chi connectivity index (χ3n) is 5.48. The minimum Gasteiger partial charge on any atom is -0.478 e. The molecule has 1 atom stereocenters. The topological polar surface area (TPSA) is 76.1 Å². The number of amides is 1. The number of aliphatic carboxylic acids is 1. The van der Waals surface area contributed by atoms with Crippen molar-refractivity contribution in [3.63, 3.8) is 0 Å². The van der Waals surface area contributed by atoms with Crippen LogP contribution in [0.3, 0.4) is 0 Å². The molecule has 3 rings (SSSR count). The fourth-order valence-electron chi connectivity index (χ4n) is 3.78. The first kappa shape index (κ1) is 24.4. The molecular weight excluding hydrogens is 439 g/mol. The van der Waals surface area contributed by atoms with Crippen LogP contribution in [0, 0.1) is 0 Å². The maximum Gasteiger partial charge on any atom is 0.573 e. The van der Waals surface area contributed by atoms with Gasteiger partial charge in [-0.05, 0) is 62.1 Å². The Balaban J connectivity index is 1.66. The van der Waals surface area contributed by atoms with E-state index >= 15 is 0 Å². The first-order valence-electron chi connectivity index (χ1n) is 10.6. The molecule has 0 bridgehead atoms. The number of carbonyl (C=O) groups excluding carboxylic acids is 1. The van der Waals surface area contributed by atoms with Crippen molar-refractivity contribution in [1.82, 2.24) is 4.90 Å². The fraction of sp³-hybridized carbons (Fsp3) is 0.417. The molecule has 2 aromatic carbocycles. The number of benzene rings is 2. The number of alkyl halides is 3. The summed E-state index contributed by atoms with van der Waals surface area (Å²) in [7, 11) is 0. The molecule has 6 nitrogen and oxygen atoms in total. The van der Waals surface area contributed by atoms with Gasteiger partial charge >= 0.3 is 12.3 Å². The molecule has 1 heterocycles. The van der Waals surface area contributed by atoms with E-state index in [2.05, 4.69) is 4.74 Å². The number of carboxylic acid groups (broad SMARTS) is 1. The summed E-state index contributed by atoms with van der Waals surface area (Å²) in [5.41, 5.74) is -0.000632. The Morgan fingerprint density at radius 2 is 1.73 bits per heavy atom. The zero-order valence-electron chi connectivity index (χ0n) is 18.4. The van der Waals surface area contributed by atoms with Crippen molar-refractivity contribution in [2.24, 2.45) is 0 Å². The summed E-state index contributed by atoms with van der Waals surface area (Å²) in [6.45, 7) is 3.97. The van der Waals surface area contributed by atoms with Crippen LogP contribution in [0.5, 0.6) is 11.5 Å². The standard InChI is InChI=1S/C24H26F3NO5/c1-23(2,22(30)31)32-20-10-4-7-17(14-20)18-8-5-11-28(15-18)21(29)13-16-6-3-9-19(12-16)33-24(25,26)27/h3-4,6-7,9-10,12,14,18H,5,8,11,13,15H2,1-2H3,(H,30,31). The highest BCUT2D eigenvalue weighted by atomic mass is 19.4. The third kappa shape index (κ3) is 6.87. The van der Waals surface area contributed by atoms with Gasteiger partial charge in [0.15, 0.2) is 5.60 Å². The number of nitrogens with zero attached hydrogens (tertiary/aromatic N) is 1. The first-order chi connectivity index (χ1) is 15.4. The van der Waals surface area contributed by atoms with E-state index in [4.69, 9.17) is 4.74 Å². The number of hydrogen-bond donors (Lipinski definition) is 1. The van der Waals surface area contributed by atoms with Crippen molar-refractivity contribution in [3.8, 4) is 11.5 Å². The van der Waals surface area contributed by atoms with E-state index in [-0.39, 0.29) is 24.0 Å². The van der Waals surface area contributed by atoms with Crippen LogP contribution in [-0.4, -0.2) is 46.9 Å². The molecule has 0 aromatic heterocycles. The molecule has 1 fully saturated rings. The van der Waals surface area contributed by atoms with Crippen molar-refractivity contribution < 1.29 is 37.3 Å². The van der Waals surface area contributed by atoms with Crippen LogP contribution in [0.15, 0.2) is 48.5 Å². The molecule has 9 heteroatoms. The smallest absolute Gasteiger partial charge is 0.478 e. The number of hydrogen-bond acceptors (Lipinski definition) is 4. The van der Waals surface area contributed by atoms with E-state index in [0.29, 0.717) is 24.4 Å². The van der Waals surface area contributed by atoms with E-state index in [9.17, 15) is 27.9 Å². The van der Waals surface area contributed by atoms with Crippen molar-refractivity contribution >= 4 is 11.9 Å². The lowest BCUT2D eigenvalue weighted by Gasteiger charge is -2.33. The van der Waals surface area contributed by atoms with Gasteiger partial charge in [-0.15, -0.1) is 13.2 Å². The normalized spacial score (nSPS) is 16.9. The quantitative estimate of drug-likeness (QED) is 0.637. The number of likely N-dealkylation sites (tertiary alicyclic amines) is 1. The molecule has 1 aliphatic heterocycles. The summed E-state index contributed by atoms with van der Waals surface area (Å²) >= 11 is 0. The number of carboxylic acids is 1. The lowest BCUT2D eigenvalue weighted by molar-refractivity contribution is -0.274. The Bertz CT molecular complexity index is 1010. The van der Waals surface area contributed by atoms with Gasteiger partial charge in [-0.3, -0.25) is 4.79 Å². The molecule has 2 aromatic rings. The molecule has 0 aliphatic carbocycles. The minimum atomic E-state index is -4.79. The highest BCUT2D eigenvalue weighted by Gasteiger charge is 2.32. The molecular formula is C24H26F3NO5. The second-order valence-electron chi connectivity index (χ2n) is 8.54. The van der Waals surface area contributed by atoms with Crippen molar-refractivity contribution in [2.75, 3.05) is 13.1 Å². The average molecular weight is 465 g/mol. The lowest BCUT2D eigenvalue weighted by Crippen LogP contribution is -2.40. The largest absolute Gasteiger partial charge is 0.573 e. The summed E-state index contributed by atoms with van der Waals surface area (Å²) in [4.78, 5) is 25.9. The monoisotopic (exact) mass is 465 g/mol.